The molecule has 0 bridgehead atoms. The van der Waals surface area contributed by atoms with Crippen molar-refractivity contribution in [1.29, 1.82) is 0 Å². The van der Waals surface area contributed by atoms with Crippen LogP contribution in [-0.4, -0.2) is 34.3 Å². The van der Waals surface area contributed by atoms with E-state index in [1.165, 1.54) is 22.7 Å². The Morgan fingerprint density at radius 3 is 2.87 bits per heavy atom. The molecule has 1 atom stereocenters. The summed E-state index contributed by atoms with van der Waals surface area (Å²) in [5.74, 6) is -1.12. The Morgan fingerprint density at radius 2 is 2.17 bits per heavy atom. The maximum atomic E-state index is 12.5. The average molecular weight is 349 g/mol. The van der Waals surface area contributed by atoms with Gasteiger partial charge in [-0.3, -0.25) is 4.79 Å². The molecular weight excluding hydrogens is 336 g/mol. The average Bonchev–Trinajstić information content (AvgIpc) is 2.52. The summed E-state index contributed by atoms with van der Waals surface area (Å²) in [5.41, 5.74) is 1.56. The number of hydrogen-bond donors (Lipinski definition) is 1. The quantitative estimate of drug-likeness (QED) is 0.922. The number of amides is 1. The molecule has 0 fully saturated rings. The van der Waals surface area contributed by atoms with E-state index >= 15 is 0 Å². The number of carboxylic acid groups (broad SMARTS) is 1. The topological polar surface area (TPSA) is 70.5 Å². The smallest absolute Gasteiger partial charge is 0.354 e. The first-order valence-electron chi connectivity index (χ1n) is 6.88. The summed E-state index contributed by atoms with van der Waals surface area (Å²) in [4.78, 5) is 29.3. The number of fused-ring (bicyclic) bond motifs is 1. The van der Waals surface area contributed by atoms with Gasteiger partial charge in [0.1, 0.15) is 10.7 Å². The number of aromatic carboxylic acids is 1. The van der Waals surface area contributed by atoms with Crippen LogP contribution in [0.2, 0.25) is 5.02 Å². The first-order chi connectivity index (χ1) is 11.0. The molecule has 0 saturated heterocycles. The molecule has 2 heterocycles. The van der Waals surface area contributed by atoms with Crippen molar-refractivity contribution in [3.8, 4) is 0 Å². The summed E-state index contributed by atoms with van der Waals surface area (Å²) in [6, 6.07) is 10.4. The van der Waals surface area contributed by atoms with Gasteiger partial charge in [0.2, 0.25) is 5.91 Å². The first kappa shape index (κ1) is 15.8. The number of rotatable bonds is 3. The third kappa shape index (κ3) is 3.18. The molecule has 1 aliphatic heterocycles. The van der Waals surface area contributed by atoms with Crippen LogP contribution in [0, 0.1) is 0 Å². The Bertz CT molecular complexity index is 797. The van der Waals surface area contributed by atoms with Gasteiger partial charge in [-0.1, -0.05) is 35.5 Å². The van der Waals surface area contributed by atoms with Gasteiger partial charge in [0.15, 0.2) is 0 Å². The van der Waals surface area contributed by atoms with Gasteiger partial charge in [-0.25, -0.2) is 9.78 Å². The zero-order chi connectivity index (χ0) is 16.6. The fourth-order valence-electron chi connectivity index (χ4n) is 2.42. The van der Waals surface area contributed by atoms with Crippen molar-refractivity contribution in [1.82, 2.24) is 4.98 Å². The van der Waals surface area contributed by atoms with Gasteiger partial charge in [-0.05, 0) is 36.2 Å². The molecule has 2 aromatic rings. The largest absolute Gasteiger partial charge is 0.477 e. The predicted molar refractivity (Wildman–Crippen MR) is 89.4 cm³/mol. The SMILES string of the molecule is CN1C(=O)C(Cc2cccc(Cl)c2)Sc2nc(C(=O)O)ccc21. The zero-order valence-electron chi connectivity index (χ0n) is 12.2. The Hall–Kier alpha value is -2.05. The summed E-state index contributed by atoms with van der Waals surface area (Å²) < 4.78 is 0. The van der Waals surface area contributed by atoms with E-state index in [0.29, 0.717) is 22.2 Å². The van der Waals surface area contributed by atoms with Crippen molar-refractivity contribution in [3.63, 3.8) is 0 Å². The number of thioether (sulfide) groups is 1. The van der Waals surface area contributed by atoms with E-state index in [1.807, 2.05) is 18.2 Å². The molecule has 23 heavy (non-hydrogen) atoms. The highest BCUT2D eigenvalue weighted by Crippen LogP contribution is 2.38. The highest BCUT2D eigenvalue weighted by atomic mass is 35.5. The number of carbonyl (C=O) groups is 2. The zero-order valence-corrected chi connectivity index (χ0v) is 13.8. The van der Waals surface area contributed by atoms with Gasteiger partial charge in [0.05, 0.1) is 10.9 Å². The second kappa shape index (κ2) is 6.22. The summed E-state index contributed by atoms with van der Waals surface area (Å²) in [6.07, 6.45) is 0.507. The summed E-state index contributed by atoms with van der Waals surface area (Å²) in [6.45, 7) is 0. The Balaban J connectivity index is 1.91. The number of benzene rings is 1. The predicted octanol–water partition coefficient (Wildman–Crippen LogP) is 3.11. The molecule has 1 amide bonds. The molecule has 1 aromatic carbocycles. The van der Waals surface area contributed by atoms with Crippen LogP contribution in [0.5, 0.6) is 0 Å². The number of carboxylic acids is 1. The third-order valence-corrected chi connectivity index (χ3v) is 5.00. The number of anilines is 1. The van der Waals surface area contributed by atoms with Gasteiger partial charge in [0.25, 0.3) is 0 Å². The van der Waals surface area contributed by atoms with Crippen molar-refractivity contribution in [2.75, 3.05) is 11.9 Å². The summed E-state index contributed by atoms with van der Waals surface area (Å²) in [5, 5.41) is 9.89. The van der Waals surface area contributed by atoms with E-state index in [0.717, 1.165) is 5.56 Å². The molecule has 5 nitrogen and oxygen atoms in total. The number of nitrogens with zero attached hydrogens (tertiary/aromatic N) is 2. The van der Waals surface area contributed by atoms with Crippen molar-refractivity contribution >= 4 is 40.9 Å². The van der Waals surface area contributed by atoms with E-state index in [2.05, 4.69) is 4.98 Å². The standard InChI is InChI=1S/C16H13ClN2O3S/c1-19-12-6-5-11(16(21)22)18-14(12)23-13(15(19)20)8-9-3-2-4-10(17)7-9/h2-7,13H,8H2,1H3,(H,21,22). The van der Waals surface area contributed by atoms with Crippen molar-refractivity contribution in [2.45, 2.75) is 16.7 Å². The van der Waals surface area contributed by atoms with E-state index < -0.39 is 5.97 Å². The normalized spacial score (nSPS) is 17.0. The molecule has 0 spiro atoms. The lowest BCUT2D eigenvalue weighted by Gasteiger charge is -2.30. The lowest BCUT2D eigenvalue weighted by Crippen LogP contribution is -2.39. The van der Waals surface area contributed by atoms with E-state index in [-0.39, 0.29) is 16.9 Å². The molecule has 0 saturated carbocycles. The third-order valence-electron chi connectivity index (χ3n) is 3.59. The molecule has 1 unspecified atom stereocenters. The highest BCUT2D eigenvalue weighted by molar-refractivity contribution is 8.00. The molecule has 1 aliphatic rings. The number of pyridine rings is 1. The van der Waals surface area contributed by atoms with Crippen LogP contribution in [0.3, 0.4) is 0 Å². The van der Waals surface area contributed by atoms with Crippen molar-refractivity contribution in [2.24, 2.45) is 0 Å². The van der Waals surface area contributed by atoms with Crippen LogP contribution in [0.15, 0.2) is 41.4 Å². The second-order valence-electron chi connectivity index (χ2n) is 5.16. The van der Waals surface area contributed by atoms with Crippen molar-refractivity contribution in [3.05, 3.63) is 52.7 Å². The van der Waals surface area contributed by atoms with Crippen LogP contribution >= 0.6 is 23.4 Å². The van der Waals surface area contributed by atoms with Crippen LogP contribution in [0.4, 0.5) is 5.69 Å². The Morgan fingerprint density at radius 1 is 1.39 bits per heavy atom. The summed E-state index contributed by atoms with van der Waals surface area (Å²) in [7, 11) is 1.67. The molecule has 3 rings (SSSR count). The van der Waals surface area contributed by atoms with E-state index in [9.17, 15) is 9.59 Å². The van der Waals surface area contributed by atoms with Gasteiger partial charge >= 0.3 is 5.97 Å². The van der Waals surface area contributed by atoms with E-state index in [4.69, 9.17) is 16.7 Å². The van der Waals surface area contributed by atoms with Crippen LogP contribution in [0.1, 0.15) is 16.1 Å². The van der Waals surface area contributed by atoms with Gasteiger partial charge in [-0.2, -0.15) is 0 Å². The molecule has 1 aromatic heterocycles. The van der Waals surface area contributed by atoms with E-state index in [1.54, 1.807) is 19.2 Å². The minimum Gasteiger partial charge on any atom is -0.477 e. The molecule has 0 aliphatic carbocycles. The fourth-order valence-corrected chi connectivity index (χ4v) is 3.91. The highest BCUT2D eigenvalue weighted by Gasteiger charge is 2.33. The molecule has 1 N–H and O–H groups in total. The first-order valence-corrected chi connectivity index (χ1v) is 8.14. The molecule has 118 valence electrons. The number of halogens is 1. The maximum absolute atomic E-state index is 12.5. The van der Waals surface area contributed by atoms with Gasteiger partial charge < -0.3 is 10.0 Å². The van der Waals surface area contributed by atoms with Crippen LogP contribution in [-0.2, 0) is 11.2 Å². The molecular formula is C16H13ClN2O3S. The minimum absolute atomic E-state index is 0.0273. The van der Waals surface area contributed by atoms with Gasteiger partial charge in [0, 0.05) is 12.1 Å². The Kier molecular flexibility index (Phi) is 4.28. The Labute approximate surface area is 142 Å². The van der Waals surface area contributed by atoms with Gasteiger partial charge in [-0.15, -0.1) is 0 Å². The molecule has 0 radical (unpaired) electrons. The fraction of sp³-hybridized carbons (Fsp3) is 0.188. The lowest BCUT2D eigenvalue weighted by atomic mass is 10.1. The maximum Gasteiger partial charge on any atom is 0.354 e. The molecule has 7 heteroatoms. The second-order valence-corrected chi connectivity index (χ2v) is 6.79. The van der Waals surface area contributed by atoms with Crippen molar-refractivity contribution < 1.29 is 14.7 Å². The summed E-state index contributed by atoms with van der Waals surface area (Å²) >= 11 is 7.28. The lowest BCUT2D eigenvalue weighted by molar-refractivity contribution is -0.118. The minimum atomic E-state index is -1.08. The van der Waals surface area contributed by atoms with Crippen LogP contribution in [0.25, 0.3) is 0 Å². The number of carbonyl (C=O) groups excluding carboxylic acids is 1. The van der Waals surface area contributed by atoms with Crippen LogP contribution < -0.4 is 4.90 Å². The number of hydrogen-bond acceptors (Lipinski definition) is 4. The number of aromatic nitrogens is 1. The monoisotopic (exact) mass is 348 g/mol.